The second kappa shape index (κ2) is 9.49. The van der Waals surface area contributed by atoms with Gasteiger partial charge in [-0.25, -0.2) is 0 Å². The SMILES string of the molecule is O=C([O-])Cc1ccccc1Nc1c(Cl)ccc(OCCc2ccccc2)c1Cl. The molecule has 4 nitrogen and oxygen atoms in total. The molecular weight excluding hydrogens is 397 g/mol. The lowest BCUT2D eigenvalue weighted by Gasteiger charge is -2.17. The number of carbonyl (C=O) groups excluding carboxylic acids is 1. The van der Waals surface area contributed by atoms with Crippen molar-refractivity contribution in [3.05, 3.63) is 87.9 Å². The Kier molecular flexibility index (Phi) is 6.80. The quantitative estimate of drug-likeness (QED) is 0.582. The average molecular weight is 415 g/mol. The summed E-state index contributed by atoms with van der Waals surface area (Å²) >= 11 is 12.8. The molecule has 0 atom stereocenters. The Labute approximate surface area is 173 Å². The zero-order valence-corrected chi connectivity index (χ0v) is 16.5. The van der Waals surface area contributed by atoms with E-state index in [4.69, 9.17) is 27.9 Å². The van der Waals surface area contributed by atoms with Crippen LogP contribution >= 0.6 is 23.2 Å². The molecule has 0 spiro atoms. The molecule has 0 amide bonds. The van der Waals surface area contributed by atoms with Crippen LogP contribution in [0.4, 0.5) is 11.4 Å². The Morgan fingerprint density at radius 3 is 2.43 bits per heavy atom. The minimum absolute atomic E-state index is 0.217. The van der Waals surface area contributed by atoms with E-state index in [1.54, 1.807) is 36.4 Å². The first-order valence-corrected chi connectivity index (χ1v) is 9.49. The molecule has 0 saturated carbocycles. The molecule has 0 bridgehead atoms. The van der Waals surface area contributed by atoms with E-state index in [2.05, 4.69) is 5.32 Å². The molecule has 0 unspecified atom stereocenters. The normalized spacial score (nSPS) is 10.5. The third kappa shape index (κ3) is 5.18. The van der Waals surface area contributed by atoms with Gasteiger partial charge < -0.3 is 20.0 Å². The van der Waals surface area contributed by atoms with Gasteiger partial charge >= 0.3 is 0 Å². The fraction of sp³-hybridized carbons (Fsp3) is 0.136. The van der Waals surface area contributed by atoms with Gasteiger partial charge in [0.2, 0.25) is 0 Å². The van der Waals surface area contributed by atoms with E-state index in [0.29, 0.717) is 39.3 Å². The van der Waals surface area contributed by atoms with Crippen LogP contribution < -0.4 is 15.2 Å². The minimum atomic E-state index is -1.16. The minimum Gasteiger partial charge on any atom is -0.550 e. The zero-order valence-electron chi connectivity index (χ0n) is 15.0. The first-order chi connectivity index (χ1) is 13.5. The van der Waals surface area contributed by atoms with Gasteiger partial charge in [0.1, 0.15) is 10.8 Å². The highest BCUT2D eigenvalue weighted by molar-refractivity contribution is 6.40. The maximum atomic E-state index is 11.0. The molecule has 1 N–H and O–H groups in total. The predicted octanol–water partition coefficient (Wildman–Crippen LogP) is 4.65. The van der Waals surface area contributed by atoms with Crippen molar-refractivity contribution in [1.82, 2.24) is 0 Å². The highest BCUT2D eigenvalue weighted by Crippen LogP contribution is 2.40. The van der Waals surface area contributed by atoms with Crippen LogP contribution in [0.1, 0.15) is 11.1 Å². The highest BCUT2D eigenvalue weighted by atomic mass is 35.5. The molecule has 3 aromatic rings. The number of nitrogens with one attached hydrogen (secondary N) is 1. The number of halogens is 2. The van der Waals surface area contributed by atoms with Gasteiger partial charge in [0.15, 0.2) is 0 Å². The summed E-state index contributed by atoms with van der Waals surface area (Å²) < 4.78 is 5.83. The van der Waals surface area contributed by atoms with Crippen LogP contribution in [0.25, 0.3) is 0 Å². The molecule has 28 heavy (non-hydrogen) atoms. The number of rotatable bonds is 8. The van der Waals surface area contributed by atoms with E-state index >= 15 is 0 Å². The lowest BCUT2D eigenvalue weighted by atomic mass is 10.1. The van der Waals surface area contributed by atoms with Crippen LogP contribution in [-0.4, -0.2) is 12.6 Å². The molecular formula is C22H18Cl2NO3-. The van der Waals surface area contributed by atoms with Crippen molar-refractivity contribution in [2.24, 2.45) is 0 Å². The first-order valence-electron chi connectivity index (χ1n) is 8.74. The molecule has 0 aliphatic rings. The number of anilines is 2. The van der Waals surface area contributed by atoms with Crippen LogP contribution in [0, 0.1) is 0 Å². The first kappa shape index (κ1) is 20.1. The average Bonchev–Trinajstić information content (AvgIpc) is 2.68. The smallest absolute Gasteiger partial charge is 0.140 e. The van der Waals surface area contributed by atoms with E-state index in [1.807, 2.05) is 30.3 Å². The van der Waals surface area contributed by atoms with Crippen molar-refractivity contribution in [2.75, 3.05) is 11.9 Å². The molecule has 0 fully saturated rings. The summed E-state index contributed by atoms with van der Waals surface area (Å²) in [4.78, 5) is 11.0. The van der Waals surface area contributed by atoms with Crippen LogP contribution in [-0.2, 0) is 17.6 Å². The van der Waals surface area contributed by atoms with Gasteiger partial charge in [0, 0.05) is 24.5 Å². The van der Waals surface area contributed by atoms with Gasteiger partial charge in [-0.1, -0.05) is 71.7 Å². The second-order valence-corrected chi connectivity index (χ2v) is 6.93. The number of benzene rings is 3. The molecule has 0 aliphatic carbocycles. The standard InChI is InChI=1S/C22H19Cl2NO3/c23-17-10-11-19(28-13-12-15-6-2-1-3-7-15)21(24)22(17)25-18-9-5-4-8-16(18)14-20(26)27/h1-11,25H,12-14H2,(H,26,27)/p-1. The summed E-state index contributed by atoms with van der Waals surface area (Å²) in [5.74, 6) is -0.661. The van der Waals surface area contributed by atoms with Crippen molar-refractivity contribution in [3.63, 3.8) is 0 Å². The maximum Gasteiger partial charge on any atom is 0.140 e. The fourth-order valence-corrected chi connectivity index (χ4v) is 3.29. The Hall–Kier alpha value is -2.69. The van der Waals surface area contributed by atoms with Gasteiger partial charge in [-0.05, 0) is 29.3 Å². The fourth-order valence-electron chi connectivity index (χ4n) is 2.77. The largest absolute Gasteiger partial charge is 0.550 e. The van der Waals surface area contributed by atoms with Crippen molar-refractivity contribution in [2.45, 2.75) is 12.8 Å². The number of ether oxygens (including phenoxy) is 1. The summed E-state index contributed by atoms with van der Waals surface area (Å²) in [6.45, 7) is 0.464. The lowest BCUT2D eigenvalue weighted by molar-refractivity contribution is -0.304. The van der Waals surface area contributed by atoms with Gasteiger partial charge in [-0.15, -0.1) is 0 Å². The van der Waals surface area contributed by atoms with Gasteiger partial charge in [-0.3, -0.25) is 0 Å². The maximum absolute atomic E-state index is 11.0. The third-order valence-corrected chi connectivity index (χ3v) is 4.85. The molecule has 3 rings (SSSR count). The number of hydrogen-bond acceptors (Lipinski definition) is 4. The number of para-hydroxylation sites is 1. The molecule has 0 aliphatic heterocycles. The number of carboxylic acids is 1. The van der Waals surface area contributed by atoms with Crippen molar-refractivity contribution >= 4 is 40.5 Å². The molecule has 6 heteroatoms. The van der Waals surface area contributed by atoms with Gasteiger partial charge in [-0.2, -0.15) is 0 Å². The van der Waals surface area contributed by atoms with E-state index in [1.165, 1.54) is 5.56 Å². The van der Waals surface area contributed by atoms with E-state index in [0.717, 1.165) is 6.42 Å². The number of carboxylic acid groups (broad SMARTS) is 1. The Bertz CT molecular complexity index is 961. The predicted molar refractivity (Wildman–Crippen MR) is 111 cm³/mol. The Balaban J connectivity index is 1.77. The third-order valence-electron chi connectivity index (χ3n) is 4.16. The van der Waals surface area contributed by atoms with Crippen LogP contribution in [0.15, 0.2) is 66.7 Å². The number of hydrogen-bond donors (Lipinski definition) is 1. The zero-order chi connectivity index (χ0) is 19.9. The molecule has 3 aromatic carbocycles. The van der Waals surface area contributed by atoms with Crippen LogP contribution in [0.5, 0.6) is 5.75 Å². The van der Waals surface area contributed by atoms with Gasteiger partial charge in [0.25, 0.3) is 0 Å². The van der Waals surface area contributed by atoms with E-state index in [-0.39, 0.29) is 6.42 Å². The number of aliphatic carboxylic acids is 1. The Morgan fingerprint density at radius 2 is 1.68 bits per heavy atom. The monoisotopic (exact) mass is 414 g/mol. The molecule has 0 saturated heterocycles. The van der Waals surface area contributed by atoms with Crippen molar-refractivity contribution in [1.29, 1.82) is 0 Å². The Morgan fingerprint density at radius 1 is 0.964 bits per heavy atom. The summed E-state index contributed by atoms with van der Waals surface area (Å²) in [5, 5.41) is 14.9. The molecule has 0 aromatic heterocycles. The van der Waals surface area contributed by atoms with Crippen molar-refractivity contribution < 1.29 is 14.6 Å². The van der Waals surface area contributed by atoms with Crippen LogP contribution in [0.3, 0.4) is 0 Å². The summed E-state index contributed by atoms with van der Waals surface area (Å²) in [7, 11) is 0. The van der Waals surface area contributed by atoms with Gasteiger partial charge in [0.05, 0.1) is 17.3 Å². The topological polar surface area (TPSA) is 61.4 Å². The molecule has 0 radical (unpaired) electrons. The lowest BCUT2D eigenvalue weighted by Crippen LogP contribution is -2.24. The van der Waals surface area contributed by atoms with Crippen LogP contribution in [0.2, 0.25) is 10.0 Å². The van der Waals surface area contributed by atoms with E-state index < -0.39 is 5.97 Å². The highest BCUT2D eigenvalue weighted by Gasteiger charge is 2.14. The summed E-state index contributed by atoms with van der Waals surface area (Å²) in [6.07, 6.45) is 0.530. The number of carbonyl (C=O) groups is 1. The van der Waals surface area contributed by atoms with Crippen molar-refractivity contribution in [3.8, 4) is 5.75 Å². The summed E-state index contributed by atoms with van der Waals surface area (Å²) in [6, 6.07) is 20.4. The molecule has 0 heterocycles. The van der Waals surface area contributed by atoms with E-state index in [9.17, 15) is 9.90 Å². The second-order valence-electron chi connectivity index (χ2n) is 6.15. The summed E-state index contributed by atoms with van der Waals surface area (Å²) in [5.41, 5.74) is 2.80. The molecule has 144 valence electrons.